The highest BCUT2D eigenvalue weighted by Gasteiger charge is 2.30. The highest BCUT2D eigenvalue weighted by atomic mass is 19.1. The molecule has 4 aromatic rings. The van der Waals surface area contributed by atoms with Crippen LogP contribution in [0.1, 0.15) is 65.2 Å². The van der Waals surface area contributed by atoms with E-state index in [0.717, 1.165) is 55.4 Å². The summed E-state index contributed by atoms with van der Waals surface area (Å²) in [6, 6.07) is 14.5. The Kier molecular flexibility index (Phi) is 6.38. The Morgan fingerprint density at radius 1 is 1.13 bits per heavy atom. The predicted molar refractivity (Wildman–Crippen MR) is 143 cm³/mol. The number of aromatic amines is 1. The standard InChI is InChI=1S/C30H30FN5O2/c1-35-14-12-19(13-15-35)6-8-23-18-27(34-36(23)22-9-10-22)30(38)33-29(24-17-21(31)7-11-28(24)37)26-16-20-4-2-3-5-25(20)32-26/h2-5,7,11,16-19,22,29,32,37H,9-10,12-15H2,1H3,(H,33,38). The van der Waals surface area contributed by atoms with Crippen molar-refractivity contribution < 1.29 is 14.3 Å². The Hall–Kier alpha value is -4.09. The highest BCUT2D eigenvalue weighted by Crippen LogP contribution is 2.36. The summed E-state index contributed by atoms with van der Waals surface area (Å²) in [5, 5.41) is 19.1. The minimum absolute atomic E-state index is 0.108. The molecular formula is C30H30FN5O2. The van der Waals surface area contributed by atoms with Crippen molar-refractivity contribution in [2.45, 2.75) is 37.8 Å². The van der Waals surface area contributed by atoms with E-state index < -0.39 is 17.8 Å². The molecule has 3 N–H and O–H groups in total. The van der Waals surface area contributed by atoms with Crippen LogP contribution in [0, 0.1) is 23.6 Å². The van der Waals surface area contributed by atoms with Gasteiger partial charge in [0.25, 0.3) is 5.91 Å². The number of amides is 1. The second-order valence-electron chi connectivity index (χ2n) is 10.4. The Balaban J connectivity index is 1.31. The first-order chi connectivity index (χ1) is 18.4. The van der Waals surface area contributed by atoms with E-state index in [0.29, 0.717) is 11.6 Å². The summed E-state index contributed by atoms with van der Waals surface area (Å²) < 4.78 is 16.1. The van der Waals surface area contributed by atoms with Crippen molar-refractivity contribution in [2.75, 3.05) is 20.1 Å². The molecule has 1 saturated heterocycles. The van der Waals surface area contributed by atoms with Crippen LogP contribution in [0.4, 0.5) is 4.39 Å². The van der Waals surface area contributed by atoms with Crippen LogP contribution in [0.25, 0.3) is 10.9 Å². The molecule has 0 bridgehead atoms. The number of nitrogens with one attached hydrogen (secondary N) is 2. The van der Waals surface area contributed by atoms with Gasteiger partial charge in [0, 0.05) is 28.8 Å². The van der Waals surface area contributed by atoms with Gasteiger partial charge in [0.2, 0.25) is 0 Å². The zero-order chi connectivity index (χ0) is 26.2. The van der Waals surface area contributed by atoms with Gasteiger partial charge in [-0.2, -0.15) is 5.10 Å². The van der Waals surface area contributed by atoms with Crippen LogP contribution in [0.2, 0.25) is 0 Å². The fourth-order valence-electron chi connectivity index (χ4n) is 5.06. The molecular weight excluding hydrogens is 481 g/mol. The molecule has 2 aromatic carbocycles. The molecule has 3 heterocycles. The largest absolute Gasteiger partial charge is 0.508 e. The van der Waals surface area contributed by atoms with E-state index in [1.54, 1.807) is 6.07 Å². The summed E-state index contributed by atoms with van der Waals surface area (Å²) >= 11 is 0. The monoisotopic (exact) mass is 511 g/mol. The Morgan fingerprint density at radius 2 is 1.92 bits per heavy atom. The first-order valence-electron chi connectivity index (χ1n) is 13.1. The van der Waals surface area contributed by atoms with Crippen molar-refractivity contribution >= 4 is 16.8 Å². The summed E-state index contributed by atoms with van der Waals surface area (Å²) in [6.45, 7) is 2.08. The third kappa shape index (κ3) is 5.02. The Morgan fingerprint density at radius 3 is 2.68 bits per heavy atom. The Labute approximate surface area is 220 Å². The number of carbonyl (C=O) groups is 1. The fraction of sp³-hybridized carbons (Fsp3) is 0.333. The van der Waals surface area contributed by atoms with Crippen molar-refractivity contribution in [3.8, 4) is 17.6 Å². The molecule has 1 aliphatic heterocycles. The average molecular weight is 512 g/mol. The van der Waals surface area contributed by atoms with E-state index in [4.69, 9.17) is 0 Å². The van der Waals surface area contributed by atoms with E-state index in [1.807, 2.05) is 35.0 Å². The quantitative estimate of drug-likeness (QED) is 0.338. The van der Waals surface area contributed by atoms with E-state index in [1.165, 1.54) is 18.2 Å². The number of phenols is 1. The minimum atomic E-state index is -0.814. The lowest BCUT2D eigenvalue weighted by atomic mass is 9.98. The molecule has 1 aliphatic carbocycles. The minimum Gasteiger partial charge on any atom is -0.508 e. The Bertz CT molecular complexity index is 1520. The maximum absolute atomic E-state index is 14.2. The van der Waals surface area contributed by atoms with Crippen LogP contribution in [0.3, 0.4) is 0 Å². The lowest BCUT2D eigenvalue weighted by Gasteiger charge is -2.25. The number of likely N-dealkylation sites (tertiary alicyclic amines) is 1. The molecule has 6 rings (SSSR count). The van der Waals surface area contributed by atoms with Gasteiger partial charge in [0.15, 0.2) is 5.69 Å². The molecule has 1 atom stereocenters. The van der Waals surface area contributed by atoms with Crippen molar-refractivity contribution in [1.82, 2.24) is 25.0 Å². The number of H-pyrrole nitrogens is 1. The number of piperidine rings is 1. The number of aromatic hydroxyl groups is 1. The lowest BCUT2D eigenvalue weighted by molar-refractivity contribution is 0.0936. The van der Waals surface area contributed by atoms with Crippen molar-refractivity contribution in [2.24, 2.45) is 5.92 Å². The highest BCUT2D eigenvalue weighted by molar-refractivity contribution is 5.93. The summed E-state index contributed by atoms with van der Waals surface area (Å²) in [5.41, 5.74) is 2.76. The van der Waals surface area contributed by atoms with Crippen LogP contribution in [-0.2, 0) is 0 Å². The summed E-state index contributed by atoms with van der Waals surface area (Å²) in [4.78, 5) is 19.2. The second kappa shape index (κ2) is 9.99. The van der Waals surface area contributed by atoms with E-state index in [2.05, 4.69) is 39.2 Å². The average Bonchev–Trinajstić information content (AvgIpc) is 3.52. The fourth-order valence-corrected chi connectivity index (χ4v) is 5.06. The van der Waals surface area contributed by atoms with Crippen molar-refractivity contribution in [3.05, 3.63) is 83.1 Å². The van der Waals surface area contributed by atoms with Gasteiger partial charge in [-0.05, 0) is 87.5 Å². The zero-order valence-corrected chi connectivity index (χ0v) is 21.2. The lowest BCUT2D eigenvalue weighted by Crippen LogP contribution is -2.30. The molecule has 1 unspecified atom stereocenters. The number of halogens is 1. The van der Waals surface area contributed by atoms with E-state index in [9.17, 15) is 14.3 Å². The first-order valence-corrected chi connectivity index (χ1v) is 13.1. The number of aromatic nitrogens is 3. The number of nitrogens with zero attached hydrogens (tertiary/aromatic N) is 3. The maximum Gasteiger partial charge on any atom is 0.272 e. The third-order valence-electron chi connectivity index (χ3n) is 7.42. The third-order valence-corrected chi connectivity index (χ3v) is 7.42. The summed E-state index contributed by atoms with van der Waals surface area (Å²) in [5.74, 6) is 6.02. The van der Waals surface area contributed by atoms with Gasteiger partial charge in [-0.15, -0.1) is 0 Å². The van der Waals surface area contributed by atoms with Gasteiger partial charge in [-0.1, -0.05) is 24.1 Å². The van der Waals surface area contributed by atoms with Gasteiger partial charge < -0.3 is 20.3 Å². The van der Waals surface area contributed by atoms with Crippen LogP contribution in [0.15, 0.2) is 54.6 Å². The van der Waals surface area contributed by atoms with Gasteiger partial charge in [-0.25, -0.2) is 4.39 Å². The predicted octanol–water partition coefficient (Wildman–Crippen LogP) is 4.76. The number of carbonyl (C=O) groups excluding carboxylic acids is 1. The molecule has 2 aromatic heterocycles. The van der Waals surface area contributed by atoms with Crippen LogP contribution < -0.4 is 5.32 Å². The smallest absolute Gasteiger partial charge is 0.272 e. The molecule has 8 heteroatoms. The maximum atomic E-state index is 14.2. The van der Waals surface area contributed by atoms with Gasteiger partial charge in [-0.3, -0.25) is 9.48 Å². The number of hydrogen-bond donors (Lipinski definition) is 3. The normalized spacial score (nSPS) is 17.2. The second-order valence-corrected chi connectivity index (χ2v) is 10.4. The first kappa shape index (κ1) is 24.3. The number of rotatable bonds is 5. The van der Waals surface area contributed by atoms with Crippen LogP contribution in [-0.4, -0.2) is 50.8 Å². The molecule has 1 amide bonds. The summed E-state index contributed by atoms with van der Waals surface area (Å²) in [7, 11) is 2.13. The van der Waals surface area contributed by atoms with E-state index in [-0.39, 0.29) is 23.0 Å². The number of benzene rings is 2. The van der Waals surface area contributed by atoms with Crippen LogP contribution in [0.5, 0.6) is 5.75 Å². The number of phenolic OH excluding ortho intramolecular Hbond substituents is 1. The molecule has 0 spiro atoms. The van der Waals surface area contributed by atoms with Gasteiger partial charge >= 0.3 is 0 Å². The molecule has 194 valence electrons. The van der Waals surface area contributed by atoms with Gasteiger partial charge in [0.05, 0.1) is 12.1 Å². The number of para-hydroxylation sites is 1. The molecule has 38 heavy (non-hydrogen) atoms. The summed E-state index contributed by atoms with van der Waals surface area (Å²) in [6.07, 6.45) is 4.11. The topological polar surface area (TPSA) is 86.2 Å². The van der Waals surface area contributed by atoms with Gasteiger partial charge in [0.1, 0.15) is 17.3 Å². The molecule has 7 nitrogen and oxygen atoms in total. The van der Waals surface area contributed by atoms with E-state index >= 15 is 0 Å². The SMILES string of the molecule is CN1CCC(C#Cc2cc(C(=O)NC(c3cc4ccccc4[nH]3)c3cc(F)ccc3O)nn2C2CC2)CC1. The van der Waals surface area contributed by atoms with Crippen LogP contribution >= 0.6 is 0 Å². The van der Waals surface area contributed by atoms with Crippen molar-refractivity contribution in [3.63, 3.8) is 0 Å². The number of fused-ring (bicyclic) bond motifs is 1. The molecule has 2 fully saturated rings. The molecule has 1 saturated carbocycles. The zero-order valence-electron chi connectivity index (χ0n) is 21.2. The number of hydrogen-bond acceptors (Lipinski definition) is 4. The van der Waals surface area contributed by atoms with Crippen molar-refractivity contribution in [1.29, 1.82) is 0 Å². The molecule has 0 radical (unpaired) electrons. The molecule has 2 aliphatic rings.